The second-order valence-electron chi connectivity index (χ2n) is 9.33. The van der Waals surface area contributed by atoms with Crippen LogP contribution in [0.5, 0.6) is 0 Å². The molecule has 0 bridgehead atoms. The maximum Gasteiger partial charge on any atom is 0.243 e. The van der Waals surface area contributed by atoms with Gasteiger partial charge in [-0.25, -0.2) is 8.42 Å². The predicted molar refractivity (Wildman–Crippen MR) is 122 cm³/mol. The van der Waals surface area contributed by atoms with Crippen LogP contribution in [0.25, 0.3) is 0 Å². The molecule has 1 aromatic rings. The number of hydrogen-bond acceptors (Lipinski definition) is 4. The van der Waals surface area contributed by atoms with Gasteiger partial charge in [-0.2, -0.15) is 4.31 Å². The summed E-state index contributed by atoms with van der Waals surface area (Å²) >= 11 is 0. The van der Waals surface area contributed by atoms with Crippen molar-refractivity contribution < 1.29 is 18.0 Å². The Labute approximate surface area is 191 Å². The SMILES string of the molecule is O=C(Cc1ccc(S(=O)(=O)N2CCCCC2)cc1)N1CCC(C(=O)N2CCCCC2)CC1. The zero-order chi connectivity index (χ0) is 22.6. The van der Waals surface area contributed by atoms with Crippen LogP contribution in [0.15, 0.2) is 29.2 Å². The first-order valence-corrected chi connectivity index (χ1v) is 13.5. The number of likely N-dealkylation sites (tertiary alicyclic amines) is 2. The molecule has 32 heavy (non-hydrogen) atoms. The highest BCUT2D eigenvalue weighted by Gasteiger charge is 2.31. The van der Waals surface area contributed by atoms with E-state index in [1.54, 1.807) is 28.6 Å². The van der Waals surface area contributed by atoms with Crippen LogP contribution < -0.4 is 0 Å². The van der Waals surface area contributed by atoms with Crippen molar-refractivity contribution in [1.29, 1.82) is 0 Å². The summed E-state index contributed by atoms with van der Waals surface area (Å²) in [6.45, 7) is 4.15. The minimum atomic E-state index is -3.45. The van der Waals surface area contributed by atoms with Crippen LogP contribution in [0.1, 0.15) is 56.9 Å². The second-order valence-corrected chi connectivity index (χ2v) is 11.3. The van der Waals surface area contributed by atoms with Crippen LogP contribution in [0, 0.1) is 5.92 Å². The molecule has 3 aliphatic heterocycles. The molecule has 3 saturated heterocycles. The molecule has 7 nitrogen and oxygen atoms in total. The molecule has 0 N–H and O–H groups in total. The summed E-state index contributed by atoms with van der Waals surface area (Å²) in [6, 6.07) is 6.74. The third kappa shape index (κ3) is 5.34. The van der Waals surface area contributed by atoms with Crippen LogP contribution in [-0.2, 0) is 26.0 Å². The van der Waals surface area contributed by atoms with Gasteiger partial charge >= 0.3 is 0 Å². The van der Waals surface area contributed by atoms with Gasteiger partial charge in [0.05, 0.1) is 11.3 Å². The van der Waals surface area contributed by atoms with Crippen molar-refractivity contribution in [3.63, 3.8) is 0 Å². The number of sulfonamides is 1. The fourth-order valence-corrected chi connectivity index (χ4v) is 6.59. The lowest BCUT2D eigenvalue weighted by Crippen LogP contribution is -2.46. The largest absolute Gasteiger partial charge is 0.342 e. The molecule has 0 saturated carbocycles. The molecule has 1 aromatic carbocycles. The third-order valence-electron chi connectivity index (χ3n) is 7.10. The van der Waals surface area contributed by atoms with E-state index >= 15 is 0 Å². The maximum absolute atomic E-state index is 12.8. The summed E-state index contributed by atoms with van der Waals surface area (Å²) in [4.78, 5) is 29.6. The standard InChI is InChI=1S/C24H35N3O4S/c28-23(25-17-11-21(12-18-25)24(29)26-13-3-1-4-14-26)19-20-7-9-22(10-8-20)32(30,31)27-15-5-2-6-16-27/h7-10,21H,1-6,11-19H2. The van der Waals surface area contributed by atoms with E-state index in [9.17, 15) is 18.0 Å². The van der Waals surface area contributed by atoms with Crippen molar-refractivity contribution in [2.24, 2.45) is 5.92 Å². The van der Waals surface area contributed by atoms with Crippen molar-refractivity contribution in [3.05, 3.63) is 29.8 Å². The number of hydrogen-bond donors (Lipinski definition) is 0. The molecule has 0 atom stereocenters. The Balaban J connectivity index is 1.28. The second kappa shape index (κ2) is 10.3. The van der Waals surface area contributed by atoms with E-state index in [1.807, 2.05) is 9.80 Å². The Morgan fingerprint density at radius 1 is 0.750 bits per heavy atom. The van der Waals surface area contributed by atoms with Crippen molar-refractivity contribution in [1.82, 2.24) is 14.1 Å². The van der Waals surface area contributed by atoms with Gasteiger partial charge in [-0.05, 0) is 62.6 Å². The van der Waals surface area contributed by atoms with E-state index in [-0.39, 0.29) is 24.2 Å². The molecular weight excluding hydrogens is 426 g/mol. The number of carbonyl (C=O) groups is 2. The molecule has 0 aliphatic carbocycles. The Morgan fingerprint density at radius 2 is 1.31 bits per heavy atom. The van der Waals surface area contributed by atoms with Crippen LogP contribution in [0.3, 0.4) is 0 Å². The fourth-order valence-electron chi connectivity index (χ4n) is 5.07. The Bertz CT molecular complexity index is 896. The molecule has 8 heteroatoms. The summed E-state index contributed by atoms with van der Waals surface area (Å²) in [6.07, 6.45) is 8.02. The molecule has 0 spiro atoms. The monoisotopic (exact) mass is 461 g/mol. The average Bonchev–Trinajstić information content (AvgIpc) is 2.85. The van der Waals surface area contributed by atoms with Crippen molar-refractivity contribution >= 4 is 21.8 Å². The normalized spacial score (nSPS) is 21.5. The number of piperidine rings is 3. The highest BCUT2D eigenvalue weighted by atomic mass is 32.2. The highest BCUT2D eigenvalue weighted by molar-refractivity contribution is 7.89. The van der Waals surface area contributed by atoms with E-state index in [0.717, 1.165) is 63.6 Å². The summed E-state index contributed by atoms with van der Waals surface area (Å²) in [5.74, 6) is 0.347. The number of carbonyl (C=O) groups excluding carboxylic acids is 2. The zero-order valence-corrected chi connectivity index (χ0v) is 19.7. The van der Waals surface area contributed by atoms with Crippen molar-refractivity contribution in [2.45, 2.75) is 62.7 Å². The van der Waals surface area contributed by atoms with Gasteiger partial charge in [-0.1, -0.05) is 18.6 Å². The molecule has 2 amide bonds. The molecule has 4 rings (SSSR count). The maximum atomic E-state index is 12.8. The summed E-state index contributed by atoms with van der Waals surface area (Å²) in [5, 5.41) is 0. The summed E-state index contributed by atoms with van der Waals surface area (Å²) < 4.78 is 27.1. The Kier molecular flexibility index (Phi) is 7.51. The molecule has 0 unspecified atom stereocenters. The van der Waals surface area contributed by atoms with E-state index in [4.69, 9.17) is 0 Å². The molecule has 176 valence electrons. The molecule has 3 fully saturated rings. The van der Waals surface area contributed by atoms with Gasteiger partial charge in [-0.15, -0.1) is 0 Å². The smallest absolute Gasteiger partial charge is 0.243 e. The number of rotatable bonds is 5. The van der Waals surface area contributed by atoms with E-state index in [1.165, 1.54) is 6.42 Å². The number of benzene rings is 1. The predicted octanol–water partition coefficient (Wildman–Crippen LogP) is 2.65. The molecule has 0 radical (unpaired) electrons. The van der Waals surface area contributed by atoms with Gasteiger partial charge in [-0.3, -0.25) is 9.59 Å². The third-order valence-corrected chi connectivity index (χ3v) is 9.01. The first-order valence-electron chi connectivity index (χ1n) is 12.1. The lowest BCUT2D eigenvalue weighted by Gasteiger charge is -2.35. The van der Waals surface area contributed by atoms with Crippen LogP contribution in [-0.4, -0.2) is 73.6 Å². The lowest BCUT2D eigenvalue weighted by atomic mass is 9.94. The Morgan fingerprint density at radius 3 is 1.91 bits per heavy atom. The van der Waals surface area contributed by atoms with Crippen LogP contribution in [0.2, 0.25) is 0 Å². The van der Waals surface area contributed by atoms with Crippen LogP contribution >= 0.6 is 0 Å². The van der Waals surface area contributed by atoms with Gasteiger partial charge in [0, 0.05) is 45.2 Å². The van der Waals surface area contributed by atoms with Gasteiger partial charge in [0.15, 0.2) is 0 Å². The minimum Gasteiger partial charge on any atom is -0.342 e. The molecule has 3 aliphatic rings. The lowest BCUT2D eigenvalue weighted by molar-refractivity contribution is -0.141. The summed E-state index contributed by atoms with van der Waals surface area (Å²) in [7, 11) is -3.45. The van der Waals surface area contributed by atoms with Crippen LogP contribution in [0.4, 0.5) is 0 Å². The van der Waals surface area contributed by atoms with Gasteiger partial charge in [0.25, 0.3) is 0 Å². The van der Waals surface area contributed by atoms with Gasteiger partial charge < -0.3 is 9.80 Å². The van der Waals surface area contributed by atoms with E-state index in [0.29, 0.717) is 31.1 Å². The quantitative estimate of drug-likeness (QED) is 0.675. The van der Waals surface area contributed by atoms with Gasteiger partial charge in [0.2, 0.25) is 21.8 Å². The first kappa shape index (κ1) is 23.2. The van der Waals surface area contributed by atoms with E-state index < -0.39 is 10.0 Å². The Hall–Kier alpha value is -1.93. The average molecular weight is 462 g/mol. The first-order chi connectivity index (χ1) is 15.4. The van der Waals surface area contributed by atoms with Gasteiger partial charge in [0.1, 0.15) is 0 Å². The molecular formula is C24H35N3O4S. The molecule has 3 heterocycles. The summed E-state index contributed by atoms with van der Waals surface area (Å²) in [5.41, 5.74) is 0.819. The van der Waals surface area contributed by atoms with E-state index in [2.05, 4.69) is 0 Å². The molecule has 0 aromatic heterocycles. The van der Waals surface area contributed by atoms with Crippen molar-refractivity contribution in [3.8, 4) is 0 Å². The minimum absolute atomic E-state index is 0.0384. The zero-order valence-electron chi connectivity index (χ0n) is 18.9. The number of amides is 2. The highest BCUT2D eigenvalue weighted by Crippen LogP contribution is 2.24. The van der Waals surface area contributed by atoms with Crippen molar-refractivity contribution in [2.75, 3.05) is 39.3 Å². The fraction of sp³-hybridized carbons (Fsp3) is 0.667. The topological polar surface area (TPSA) is 78.0 Å². The number of nitrogens with zero attached hydrogens (tertiary/aromatic N) is 3.